The van der Waals surface area contributed by atoms with Crippen molar-refractivity contribution in [2.75, 3.05) is 6.54 Å². The van der Waals surface area contributed by atoms with E-state index in [4.69, 9.17) is 0 Å². The second-order valence-electron chi connectivity index (χ2n) is 4.85. The zero-order chi connectivity index (χ0) is 15.7. The first-order valence-electron chi connectivity index (χ1n) is 6.25. The number of benzene rings is 1. The molecule has 2 N–H and O–H groups in total. The van der Waals surface area contributed by atoms with Crippen molar-refractivity contribution in [3.8, 4) is 0 Å². The highest BCUT2D eigenvalue weighted by Crippen LogP contribution is 2.21. The minimum atomic E-state index is -4.65. The van der Waals surface area contributed by atoms with Crippen LogP contribution in [0.1, 0.15) is 18.4 Å². The van der Waals surface area contributed by atoms with Gasteiger partial charge in [0.25, 0.3) is 0 Å². The third-order valence-corrected chi connectivity index (χ3v) is 4.35. The molecule has 1 saturated carbocycles. The molecular formula is C12H14F4N2O2S. The highest BCUT2D eigenvalue weighted by molar-refractivity contribution is 7.89. The van der Waals surface area contributed by atoms with Crippen molar-refractivity contribution in [3.63, 3.8) is 0 Å². The van der Waals surface area contributed by atoms with Crippen LogP contribution in [0.4, 0.5) is 17.6 Å². The maximum absolute atomic E-state index is 13.6. The van der Waals surface area contributed by atoms with Crippen molar-refractivity contribution in [2.45, 2.75) is 36.5 Å². The van der Waals surface area contributed by atoms with E-state index in [0.717, 1.165) is 31.0 Å². The third kappa shape index (κ3) is 4.94. The molecule has 118 valence electrons. The molecule has 0 amide bonds. The summed E-state index contributed by atoms with van der Waals surface area (Å²) in [5.41, 5.74) is 0.108. The average Bonchev–Trinajstić information content (AvgIpc) is 3.19. The molecule has 0 radical (unpaired) electrons. The fourth-order valence-corrected chi connectivity index (χ4v) is 2.72. The Kier molecular flexibility index (Phi) is 4.54. The number of sulfonamides is 1. The SMILES string of the molecule is O=S(=O)(NCC(F)(F)F)c1ccc(F)c(CNC2CC2)c1. The van der Waals surface area contributed by atoms with Gasteiger partial charge in [0.1, 0.15) is 12.4 Å². The van der Waals surface area contributed by atoms with Crippen LogP contribution < -0.4 is 10.0 Å². The molecule has 1 aromatic carbocycles. The summed E-state index contributed by atoms with van der Waals surface area (Å²) < 4.78 is 74.7. The van der Waals surface area contributed by atoms with E-state index in [-0.39, 0.29) is 17.0 Å². The summed E-state index contributed by atoms with van der Waals surface area (Å²) in [6.45, 7) is -1.53. The Morgan fingerprint density at radius 3 is 2.48 bits per heavy atom. The first kappa shape index (κ1) is 16.2. The van der Waals surface area contributed by atoms with Gasteiger partial charge in [-0.25, -0.2) is 17.5 Å². The van der Waals surface area contributed by atoms with Crippen LogP contribution in [0.15, 0.2) is 23.1 Å². The largest absolute Gasteiger partial charge is 0.402 e. The molecule has 4 nitrogen and oxygen atoms in total. The lowest BCUT2D eigenvalue weighted by molar-refractivity contribution is -0.121. The van der Waals surface area contributed by atoms with Crippen LogP contribution in [0.2, 0.25) is 0 Å². The van der Waals surface area contributed by atoms with Crippen LogP contribution in [0.3, 0.4) is 0 Å². The van der Waals surface area contributed by atoms with Gasteiger partial charge in [0, 0.05) is 18.2 Å². The molecule has 0 spiro atoms. The van der Waals surface area contributed by atoms with Gasteiger partial charge in [0.05, 0.1) is 4.90 Å². The molecule has 2 rings (SSSR count). The van der Waals surface area contributed by atoms with Gasteiger partial charge in [0.15, 0.2) is 0 Å². The maximum Gasteiger partial charge on any atom is 0.402 e. The highest BCUT2D eigenvalue weighted by Gasteiger charge is 2.30. The second-order valence-corrected chi connectivity index (χ2v) is 6.62. The lowest BCUT2D eigenvalue weighted by atomic mass is 10.2. The first-order chi connectivity index (χ1) is 9.67. The quantitative estimate of drug-likeness (QED) is 0.785. The van der Waals surface area contributed by atoms with Gasteiger partial charge in [0.2, 0.25) is 10.0 Å². The molecule has 21 heavy (non-hydrogen) atoms. The summed E-state index contributed by atoms with van der Waals surface area (Å²) in [4.78, 5) is -0.388. The van der Waals surface area contributed by atoms with Crippen molar-refractivity contribution in [1.29, 1.82) is 0 Å². The number of nitrogens with one attached hydrogen (secondary N) is 2. The minimum Gasteiger partial charge on any atom is -0.310 e. The molecule has 0 saturated heterocycles. The predicted octanol–water partition coefficient (Wildman–Crippen LogP) is 1.92. The minimum absolute atomic E-state index is 0.108. The Morgan fingerprint density at radius 2 is 1.90 bits per heavy atom. The summed E-state index contributed by atoms with van der Waals surface area (Å²) in [6, 6.07) is 3.22. The van der Waals surface area contributed by atoms with Gasteiger partial charge in [-0.05, 0) is 31.0 Å². The Morgan fingerprint density at radius 1 is 1.24 bits per heavy atom. The monoisotopic (exact) mass is 326 g/mol. The van der Waals surface area contributed by atoms with Gasteiger partial charge in [-0.3, -0.25) is 0 Å². The number of hydrogen-bond acceptors (Lipinski definition) is 3. The number of hydrogen-bond donors (Lipinski definition) is 2. The van der Waals surface area contributed by atoms with Crippen LogP contribution in [0.5, 0.6) is 0 Å². The predicted molar refractivity (Wildman–Crippen MR) is 67.5 cm³/mol. The zero-order valence-corrected chi connectivity index (χ0v) is 11.7. The zero-order valence-electron chi connectivity index (χ0n) is 10.9. The van der Waals surface area contributed by atoms with E-state index < -0.39 is 28.6 Å². The van der Waals surface area contributed by atoms with Crippen molar-refractivity contribution >= 4 is 10.0 Å². The highest BCUT2D eigenvalue weighted by atomic mass is 32.2. The van der Waals surface area contributed by atoms with Crippen LogP contribution >= 0.6 is 0 Å². The van der Waals surface area contributed by atoms with Gasteiger partial charge in [-0.15, -0.1) is 0 Å². The molecule has 0 aromatic heterocycles. The summed E-state index contributed by atoms with van der Waals surface area (Å²) in [5, 5.41) is 3.01. The Bertz CT molecular complexity index is 612. The Balaban J connectivity index is 2.12. The van der Waals surface area contributed by atoms with E-state index in [1.807, 2.05) is 0 Å². The average molecular weight is 326 g/mol. The fraction of sp³-hybridized carbons (Fsp3) is 0.500. The maximum atomic E-state index is 13.6. The molecule has 1 fully saturated rings. The normalized spacial score (nSPS) is 16.2. The van der Waals surface area contributed by atoms with E-state index in [0.29, 0.717) is 6.04 Å². The summed E-state index contributed by atoms with van der Waals surface area (Å²) in [7, 11) is -4.32. The fourth-order valence-electron chi connectivity index (χ4n) is 1.66. The molecular weight excluding hydrogens is 312 g/mol. The molecule has 1 aromatic rings. The Labute approximate surface area is 119 Å². The summed E-state index contributed by atoms with van der Waals surface area (Å²) in [5.74, 6) is -0.599. The number of halogens is 4. The summed E-state index contributed by atoms with van der Waals surface area (Å²) >= 11 is 0. The van der Waals surface area contributed by atoms with E-state index >= 15 is 0 Å². The molecule has 0 heterocycles. The van der Waals surface area contributed by atoms with Crippen LogP contribution in [-0.4, -0.2) is 27.2 Å². The lowest BCUT2D eigenvalue weighted by Gasteiger charge is -2.11. The first-order valence-corrected chi connectivity index (χ1v) is 7.74. The van der Waals surface area contributed by atoms with Crippen LogP contribution in [-0.2, 0) is 16.6 Å². The van der Waals surface area contributed by atoms with Crippen molar-refractivity contribution in [2.24, 2.45) is 0 Å². The van der Waals surface area contributed by atoms with Gasteiger partial charge < -0.3 is 5.32 Å². The van der Waals surface area contributed by atoms with E-state index in [2.05, 4.69) is 5.32 Å². The number of alkyl halides is 3. The van der Waals surface area contributed by atoms with Gasteiger partial charge >= 0.3 is 6.18 Å². The molecule has 0 aliphatic heterocycles. The van der Waals surface area contributed by atoms with Crippen molar-refractivity contribution in [3.05, 3.63) is 29.6 Å². The molecule has 9 heteroatoms. The smallest absolute Gasteiger partial charge is 0.310 e. The molecule has 0 atom stereocenters. The van der Waals surface area contributed by atoms with Crippen molar-refractivity contribution in [1.82, 2.24) is 10.0 Å². The molecule has 1 aliphatic carbocycles. The molecule has 1 aliphatic rings. The van der Waals surface area contributed by atoms with Crippen LogP contribution in [0, 0.1) is 5.82 Å². The molecule has 0 bridgehead atoms. The Hall–Kier alpha value is -1.19. The van der Waals surface area contributed by atoms with E-state index in [1.54, 1.807) is 0 Å². The molecule has 0 unspecified atom stereocenters. The van der Waals surface area contributed by atoms with Gasteiger partial charge in [-0.1, -0.05) is 0 Å². The second kappa shape index (κ2) is 5.90. The standard InChI is InChI=1S/C12H14F4N2O2S/c13-11-4-3-10(5-8(11)6-17-9-1-2-9)21(19,20)18-7-12(14,15)16/h3-5,9,17-18H,1-2,6-7H2. The van der Waals surface area contributed by atoms with Crippen molar-refractivity contribution < 1.29 is 26.0 Å². The van der Waals surface area contributed by atoms with E-state index in [9.17, 15) is 26.0 Å². The van der Waals surface area contributed by atoms with Crippen LogP contribution in [0.25, 0.3) is 0 Å². The summed E-state index contributed by atoms with van der Waals surface area (Å²) in [6.07, 6.45) is -2.69. The third-order valence-electron chi connectivity index (χ3n) is 2.95. The van der Waals surface area contributed by atoms with E-state index in [1.165, 1.54) is 4.72 Å². The lowest BCUT2D eigenvalue weighted by Crippen LogP contribution is -2.33. The van der Waals surface area contributed by atoms with Gasteiger partial charge in [-0.2, -0.15) is 13.2 Å². The topological polar surface area (TPSA) is 58.2 Å². The number of rotatable bonds is 6.